The number of nitrogens with zero attached hydrogens (tertiary/aromatic N) is 2. The summed E-state index contributed by atoms with van der Waals surface area (Å²) in [7, 11) is -0.736. The third kappa shape index (κ3) is 7.58. The van der Waals surface area contributed by atoms with Gasteiger partial charge in [0.2, 0.25) is 0 Å². The second-order valence-corrected chi connectivity index (χ2v) is 13.6. The Hall–Kier alpha value is -3.93. The topological polar surface area (TPSA) is 108 Å². The van der Waals surface area contributed by atoms with Gasteiger partial charge in [0.05, 0.1) is 36.6 Å². The van der Waals surface area contributed by atoms with Gasteiger partial charge in [0, 0.05) is 33.0 Å². The fourth-order valence-electron chi connectivity index (χ4n) is 4.45. The molecule has 5 aromatic rings. The van der Waals surface area contributed by atoms with E-state index in [2.05, 4.69) is 9.97 Å². The normalized spacial score (nSPS) is 11.3. The van der Waals surface area contributed by atoms with Gasteiger partial charge in [-0.2, -0.15) is 8.42 Å². The van der Waals surface area contributed by atoms with Gasteiger partial charge in [0.1, 0.15) is 27.9 Å². The van der Waals surface area contributed by atoms with Crippen molar-refractivity contribution in [3.05, 3.63) is 87.0 Å². The lowest BCUT2D eigenvalue weighted by Crippen LogP contribution is -2.12. The van der Waals surface area contributed by atoms with Crippen molar-refractivity contribution in [1.82, 2.24) is 9.97 Å². The molecule has 0 aliphatic carbocycles. The summed E-state index contributed by atoms with van der Waals surface area (Å²) in [5.74, 6) is 2.26. The van der Waals surface area contributed by atoms with Crippen LogP contribution in [0.3, 0.4) is 0 Å². The van der Waals surface area contributed by atoms with Gasteiger partial charge in [-0.25, -0.2) is 9.97 Å². The molecule has 0 aliphatic rings. The van der Waals surface area contributed by atoms with E-state index in [4.69, 9.17) is 13.7 Å². The maximum absolute atomic E-state index is 12.8. The van der Waals surface area contributed by atoms with E-state index in [0.717, 1.165) is 33.7 Å². The van der Waals surface area contributed by atoms with Crippen LogP contribution in [0.1, 0.15) is 56.2 Å². The molecule has 0 bridgehead atoms. The van der Waals surface area contributed by atoms with E-state index in [9.17, 15) is 13.5 Å². The summed E-state index contributed by atoms with van der Waals surface area (Å²) in [6.07, 6.45) is 0. The number of thiazole rings is 2. The van der Waals surface area contributed by atoms with E-state index in [-0.39, 0.29) is 22.5 Å². The molecule has 0 radical (unpaired) electrons. The zero-order chi connectivity index (χ0) is 32.0. The summed E-state index contributed by atoms with van der Waals surface area (Å²) in [5, 5.41) is 13.8. The zero-order valence-electron chi connectivity index (χ0n) is 25.7. The first-order valence-electron chi connectivity index (χ1n) is 13.9. The molecule has 232 valence electrons. The van der Waals surface area contributed by atoms with Crippen molar-refractivity contribution < 1.29 is 27.2 Å². The third-order valence-electron chi connectivity index (χ3n) is 6.85. The first-order chi connectivity index (χ1) is 20.9. The average molecular weight is 653 g/mol. The molecule has 0 unspecified atom stereocenters. The molecule has 0 saturated carbocycles. The summed E-state index contributed by atoms with van der Waals surface area (Å²) < 4.78 is 42.0. The first-order valence-corrected chi connectivity index (χ1v) is 17.2. The molecule has 0 atom stereocenters. The van der Waals surface area contributed by atoms with Crippen molar-refractivity contribution in [1.29, 1.82) is 0 Å². The van der Waals surface area contributed by atoms with Gasteiger partial charge >= 0.3 is 10.1 Å². The molecule has 2 aromatic heterocycles. The number of hydrogen-bond donors (Lipinski definition) is 1. The van der Waals surface area contributed by atoms with Gasteiger partial charge < -0.3 is 18.8 Å². The fraction of sp³-hybridized carbons (Fsp3) is 0.273. The number of methoxy groups -OCH3 is 2. The Morgan fingerprint density at radius 2 is 1.23 bits per heavy atom. The molecular weight excluding hydrogens is 617 g/mol. The fourth-order valence-corrected chi connectivity index (χ4v) is 6.50. The van der Waals surface area contributed by atoms with Gasteiger partial charge in [-0.3, -0.25) is 0 Å². The van der Waals surface area contributed by atoms with Crippen LogP contribution < -0.4 is 13.7 Å². The van der Waals surface area contributed by atoms with Gasteiger partial charge in [-0.1, -0.05) is 45.4 Å². The van der Waals surface area contributed by atoms with Crippen LogP contribution in [-0.4, -0.2) is 37.7 Å². The van der Waals surface area contributed by atoms with Gasteiger partial charge in [0.25, 0.3) is 0 Å². The van der Waals surface area contributed by atoms with Gasteiger partial charge in [-0.05, 0) is 55.2 Å². The van der Waals surface area contributed by atoms with Crippen LogP contribution in [0.15, 0.2) is 75.2 Å². The van der Waals surface area contributed by atoms with E-state index in [1.807, 2.05) is 57.5 Å². The quantitative estimate of drug-likeness (QED) is 0.158. The minimum Gasteiger partial charge on any atom is -0.508 e. The molecule has 0 aliphatic heterocycles. The zero-order valence-corrected chi connectivity index (χ0v) is 28.1. The van der Waals surface area contributed by atoms with E-state index in [1.54, 1.807) is 61.6 Å². The Morgan fingerprint density at radius 1 is 0.727 bits per heavy atom. The van der Waals surface area contributed by atoms with Crippen LogP contribution in [0, 0.1) is 6.92 Å². The third-order valence-corrected chi connectivity index (χ3v) is 9.27. The number of ether oxygens (including phenoxy) is 2. The monoisotopic (exact) mass is 652 g/mol. The molecule has 0 saturated heterocycles. The summed E-state index contributed by atoms with van der Waals surface area (Å²) in [5.41, 5.74) is 9.17. The number of phenols is 1. The number of aryl methyl sites for hydroxylation is 1. The molecule has 44 heavy (non-hydrogen) atoms. The van der Waals surface area contributed by atoms with Crippen LogP contribution in [0.4, 0.5) is 0 Å². The molecule has 11 heteroatoms. The maximum atomic E-state index is 12.8. The number of aromatic hydroxyl groups is 1. The summed E-state index contributed by atoms with van der Waals surface area (Å²) >= 11 is 2.98. The lowest BCUT2D eigenvalue weighted by atomic mass is 9.98. The van der Waals surface area contributed by atoms with E-state index in [1.165, 1.54) is 22.7 Å². The molecule has 0 amide bonds. The van der Waals surface area contributed by atoms with E-state index < -0.39 is 10.1 Å². The molecule has 3 aromatic carbocycles. The van der Waals surface area contributed by atoms with Crippen molar-refractivity contribution in [3.63, 3.8) is 0 Å². The second kappa shape index (κ2) is 14.2. The smallest absolute Gasteiger partial charge is 0.339 e. The Morgan fingerprint density at radius 3 is 1.68 bits per heavy atom. The van der Waals surface area contributed by atoms with Crippen molar-refractivity contribution in [2.45, 2.75) is 51.3 Å². The molecule has 0 spiro atoms. The Labute approximate surface area is 267 Å². The van der Waals surface area contributed by atoms with Crippen LogP contribution in [0.5, 0.6) is 23.0 Å². The molecule has 5 rings (SSSR count). The lowest BCUT2D eigenvalue weighted by Gasteiger charge is -2.17. The van der Waals surface area contributed by atoms with Crippen molar-refractivity contribution in [2.24, 2.45) is 0 Å². The highest BCUT2D eigenvalue weighted by atomic mass is 32.2. The van der Waals surface area contributed by atoms with Crippen LogP contribution in [0.2, 0.25) is 0 Å². The van der Waals surface area contributed by atoms with E-state index >= 15 is 0 Å². The molecular formula is C33H36N2O6S3. The molecule has 2 heterocycles. The lowest BCUT2D eigenvalue weighted by molar-refractivity contribution is 0.411. The summed E-state index contributed by atoms with van der Waals surface area (Å²) in [6.45, 7) is 9.93. The van der Waals surface area contributed by atoms with Crippen LogP contribution in [-0.2, 0) is 10.1 Å². The standard InChI is InChI=1S/C20H21NO4S2.C13H15NO2S/c1-13(2)16-9-19(24-4)17(18-11-26-12-21-18)10-20(16)25-27(22,23)15-7-5-14(3)6-8-15;1-8(2)9-5-13(16-3)10(4-12(9)15)11-6-17-7-14-11/h5-13H,1-4H3;4-8,15H,1-3H3. The van der Waals surface area contributed by atoms with Crippen molar-refractivity contribution >= 4 is 32.8 Å². The highest BCUT2D eigenvalue weighted by Gasteiger charge is 2.23. The number of hydrogen-bond acceptors (Lipinski definition) is 10. The summed E-state index contributed by atoms with van der Waals surface area (Å²) in [6, 6.07) is 13.7. The minimum atomic E-state index is -3.95. The summed E-state index contributed by atoms with van der Waals surface area (Å²) in [4.78, 5) is 8.67. The maximum Gasteiger partial charge on any atom is 0.339 e. The SMILES string of the molecule is COc1cc(C(C)C)c(O)cc1-c1cscn1.COc1cc(C(C)C)c(OS(=O)(=O)c2ccc(C)cc2)cc1-c1cscn1. The van der Waals surface area contributed by atoms with Crippen molar-refractivity contribution in [2.75, 3.05) is 14.2 Å². The Bertz CT molecular complexity index is 1780. The van der Waals surface area contributed by atoms with Crippen LogP contribution >= 0.6 is 22.7 Å². The highest BCUT2D eigenvalue weighted by Crippen LogP contribution is 2.40. The van der Waals surface area contributed by atoms with Gasteiger partial charge in [0.15, 0.2) is 0 Å². The highest BCUT2D eigenvalue weighted by molar-refractivity contribution is 7.87. The molecule has 8 nitrogen and oxygen atoms in total. The minimum absolute atomic E-state index is 0.0478. The Kier molecular flexibility index (Phi) is 10.7. The predicted octanol–water partition coefficient (Wildman–Crippen LogP) is 8.67. The average Bonchev–Trinajstić information content (AvgIpc) is 3.72. The number of phenolic OH excluding ortho intramolecular Hbond substituents is 1. The van der Waals surface area contributed by atoms with E-state index in [0.29, 0.717) is 22.8 Å². The first kappa shape index (κ1) is 33.0. The van der Waals surface area contributed by atoms with Crippen LogP contribution in [0.25, 0.3) is 22.5 Å². The predicted molar refractivity (Wildman–Crippen MR) is 177 cm³/mol. The largest absolute Gasteiger partial charge is 0.508 e. The Balaban J connectivity index is 0.000000223. The van der Waals surface area contributed by atoms with Gasteiger partial charge in [-0.15, -0.1) is 22.7 Å². The molecule has 1 N–H and O–H groups in total. The van der Waals surface area contributed by atoms with Crippen molar-refractivity contribution in [3.8, 4) is 45.5 Å². The molecule has 0 fully saturated rings. The number of rotatable bonds is 9. The number of aromatic nitrogens is 2. The number of benzene rings is 3. The second-order valence-electron chi connectivity index (χ2n) is 10.6.